The lowest BCUT2D eigenvalue weighted by molar-refractivity contribution is 0.315. The molecule has 0 saturated carbocycles. The first-order chi connectivity index (χ1) is 10.9. The van der Waals surface area contributed by atoms with Gasteiger partial charge >= 0.3 is 0 Å². The highest BCUT2D eigenvalue weighted by Crippen LogP contribution is 2.36. The van der Waals surface area contributed by atoms with Gasteiger partial charge in [0.05, 0.1) is 12.1 Å². The quantitative estimate of drug-likeness (QED) is 0.945. The minimum absolute atomic E-state index is 0.784. The second-order valence-corrected chi connectivity index (χ2v) is 6.19. The molecule has 1 saturated heterocycles. The molecule has 0 aliphatic carbocycles. The topological polar surface area (TPSA) is 42.3 Å². The molecule has 0 unspecified atom stereocenters. The van der Waals surface area contributed by atoms with Crippen LogP contribution in [0.3, 0.4) is 0 Å². The number of rotatable bonds is 3. The Balaban J connectivity index is 1.85. The predicted molar refractivity (Wildman–Crippen MR) is 90.1 cm³/mol. The van der Waals surface area contributed by atoms with Crippen LogP contribution in [0.15, 0.2) is 12.1 Å². The number of piperidine rings is 1. The van der Waals surface area contributed by atoms with E-state index < -0.39 is 0 Å². The molecule has 1 aromatic carbocycles. The highest BCUT2D eigenvalue weighted by atomic mass is 16.5. The van der Waals surface area contributed by atoms with Crippen LogP contribution in [0.1, 0.15) is 32.6 Å². The third-order valence-electron chi connectivity index (χ3n) is 4.59. The Kier molecular flexibility index (Phi) is 3.56. The van der Waals surface area contributed by atoms with Crippen molar-refractivity contribution >= 4 is 22.7 Å². The van der Waals surface area contributed by atoms with Crippen molar-refractivity contribution in [3.05, 3.63) is 12.1 Å². The summed E-state index contributed by atoms with van der Waals surface area (Å²) < 4.78 is 8.36. The summed E-state index contributed by atoms with van der Waals surface area (Å²) in [5.74, 6) is 2.11. The highest BCUT2D eigenvalue weighted by Gasteiger charge is 2.23. The van der Waals surface area contributed by atoms with Crippen molar-refractivity contribution in [1.82, 2.24) is 9.55 Å². The van der Waals surface area contributed by atoms with E-state index in [2.05, 4.69) is 33.8 Å². The predicted octanol–water partition coefficient (Wildman–Crippen LogP) is 3.24. The van der Waals surface area contributed by atoms with Gasteiger partial charge in [-0.25, -0.2) is 4.98 Å². The molecule has 118 valence electrons. The second-order valence-electron chi connectivity index (χ2n) is 6.19. The van der Waals surface area contributed by atoms with Gasteiger partial charge in [0.15, 0.2) is 0 Å². The van der Waals surface area contributed by atoms with Crippen molar-refractivity contribution in [3.63, 3.8) is 0 Å². The van der Waals surface area contributed by atoms with E-state index in [0.717, 1.165) is 62.1 Å². The van der Waals surface area contributed by atoms with Crippen LogP contribution in [0, 0.1) is 0 Å². The number of imidazole rings is 1. The van der Waals surface area contributed by atoms with Gasteiger partial charge in [0.25, 0.3) is 0 Å². The lowest BCUT2D eigenvalue weighted by Gasteiger charge is -2.28. The summed E-state index contributed by atoms with van der Waals surface area (Å²) in [7, 11) is 0. The number of hydrogen-bond donors (Lipinski definition) is 1. The first-order valence-corrected chi connectivity index (χ1v) is 8.52. The van der Waals surface area contributed by atoms with E-state index in [1.165, 1.54) is 24.8 Å². The van der Waals surface area contributed by atoms with Gasteiger partial charge in [-0.2, -0.15) is 0 Å². The van der Waals surface area contributed by atoms with Crippen molar-refractivity contribution in [3.8, 4) is 5.75 Å². The molecule has 4 rings (SSSR count). The molecular formula is C17H24N4O. The largest absolute Gasteiger partial charge is 0.491 e. The highest BCUT2D eigenvalue weighted by molar-refractivity contribution is 5.88. The fraction of sp³-hybridized carbons (Fsp3) is 0.588. The molecule has 5 nitrogen and oxygen atoms in total. The summed E-state index contributed by atoms with van der Waals surface area (Å²) >= 11 is 0. The number of ether oxygens (including phenoxy) is 1. The summed E-state index contributed by atoms with van der Waals surface area (Å²) in [6, 6.07) is 4.27. The summed E-state index contributed by atoms with van der Waals surface area (Å²) in [4.78, 5) is 7.41. The molecule has 2 aliphatic rings. The van der Waals surface area contributed by atoms with E-state index in [1.807, 2.05) is 0 Å². The smallest absolute Gasteiger partial charge is 0.206 e. The number of aromatic nitrogens is 2. The van der Waals surface area contributed by atoms with Gasteiger partial charge in [0, 0.05) is 37.9 Å². The SMILES string of the molecule is CCNc1cc2c3c(c1)nc(N1CCCCC1)n3CCCO2. The molecule has 1 N–H and O–H groups in total. The minimum Gasteiger partial charge on any atom is -0.491 e. The fourth-order valence-corrected chi connectivity index (χ4v) is 3.59. The van der Waals surface area contributed by atoms with Crippen LogP contribution >= 0.6 is 0 Å². The number of aryl methyl sites for hydroxylation is 1. The fourth-order valence-electron chi connectivity index (χ4n) is 3.59. The van der Waals surface area contributed by atoms with Gasteiger partial charge in [0.1, 0.15) is 11.3 Å². The standard InChI is InChI=1S/C17H24N4O/c1-2-18-13-11-14-16-15(12-13)22-10-6-9-21(16)17(19-14)20-7-4-3-5-8-20/h11-12,18H,2-10H2,1H3. The number of benzene rings is 1. The number of nitrogens with zero attached hydrogens (tertiary/aromatic N) is 3. The summed E-state index contributed by atoms with van der Waals surface area (Å²) in [6.07, 6.45) is 4.93. The summed E-state index contributed by atoms with van der Waals surface area (Å²) in [5, 5.41) is 3.38. The van der Waals surface area contributed by atoms with Crippen molar-refractivity contribution in [2.75, 3.05) is 36.5 Å². The Labute approximate surface area is 131 Å². The molecular weight excluding hydrogens is 276 g/mol. The summed E-state index contributed by atoms with van der Waals surface area (Å²) in [6.45, 7) is 7.05. The Morgan fingerprint density at radius 1 is 1.14 bits per heavy atom. The zero-order valence-corrected chi connectivity index (χ0v) is 13.3. The molecule has 0 atom stereocenters. The summed E-state index contributed by atoms with van der Waals surface area (Å²) in [5.41, 5.74) is 3.32. The van der Waals surface area contributed by atoms with E-state index in [1.54, 1.807) is 0 Å². The molecule has 2 aromatic rings. The molecule has 22 heavy (non-hydrogen) atoms. The lowest BCUT2D eigenvalue weighted by atomic mass is 10.1. The molecule has 0 amide bonds. The zero-order valence-electron chi connectivity index (χ0n) is 13.3. The third kappa shape index (κ3) is 2.28. The van der Waals surface area contributed by atoms with Crippen LogP contribution in [-0.4, -0.2) is 35.8 Å². The maximum Gasteiger partial charge on any atom is 0.206 e. The van der Waals surface area contributed by atoms with Crippen LogP contribution in [0.4, 0.5) is 11.6 Å². The first kappa shape index (κ1) is 13.7. The molecule has 0 bridgehead atoms. The molecule has 1 aromatic heterocycles. The Bertz CT molecular complexity index is 673. The lowest BCUT2D eigenvalue weighted by Crippen LogP contribution is -2.31. The van der Waals surface area contributed by atoms with Crippen molar-refractivity contribution in [1.29, 1.82) is 0 Å². The molecule has 2 aliphatic heterocycles. The number of anilines is 2. The van der Waals surface area contributed by atoms with Crippen LogP contribution in [-0.2, 0) is 6.54 Å². The molecule has 5 heteroatoms. The van der Waals surface area contributed by atoms with Gasteiger partial charge in [-0.3, -0.25) is 0 Å². The van der Waals surface area contributed by atoms with E-state index in [0.29, 0.717) is 0 Å². The Morgan fingerprint density at radius 3 is 2.82 bits per heavy atom. The molecule has 1 fully saturated rings. The van der Waals surface area contributed by atoms with Crippen LogP contribution in [0.2, 0.25) is 0 Å². The minimum atomic E-state index is 0.784. The molecule has 0 radical (unpaired) electrons. The van der Waals surface area contributed by atoms with E-state index in [9.17, 15) is 0 Å². The first-order valence-electron chi connectivity index (χ1n) is 8.52. The van der Waals surface area contributed by atoms with Crippen LogP contribution < -0.4 is 15.0 Å². The van der Waals surface area contributed by atoms with Crippen molar-refractivity contribution in [2.24, 2.45) is 0 Å². The van der Waals surface area contributed by atoms with Gasteiger partial charge in [-0.05, 0) is 38.7 Å². The average molecular weight is 300 g/mol. The Morgan fingerprint density at radius 2 is 2.00 bits per heavy atom. The Hall–Kier alpha value is -1.91. The number of hydrogen-bond acceptors (Lipinski definition) is 4. The third-order valence-corrected chi connectivity index (χ3v) is 4.59. The maximum atomic E-state index is 5.99. The number of nitrogens with one attached hydrogen (secondary N) is 1. The van der Waals surface area contributed by atoms with Gasteiger partial charge in [-0.15, -0.1) is 0 Å². The van der Waals surface area contributed by atoms with Crippen molar-refractivity contribution in [2.45, 2.75) is 39.2 Å². The average Bonchev–Trinajstić information content (AvgIpc) is 2.77. The van der Waals surface area contributed by atoms with Crippen LogP contribution in [0.25, 0.3) is 11.0 Å². The van der Waals surface area contributed by atoms with Gasteiger partial charge in [0.2, 0.25) is 5.95 Å². The van der Waals surface area contributed by atoms with Gasteiger partial charge < -0.3 is 19.5 Å². The van der Waals surface area contributed by atoms with E-state index in [-0.39, 0.29) is 0 Å². The van der Waals surface area contributed by atoms with Crippen molar-refractivity contribution < 1.29 is 4.74 Å². The zero-order chi connectivity index (χ0) is 14.9. The monoisotopic (exact) mass is 300 g/mol. The second kappa shape index (κ2) is 5.71. The van der Waals surface area contributed by atoms with Gasteiger partial charge in [-0.1, -0.05) is 0 Å². The molecule has 0 spiro atoms. The van der Waals surface area contributed by atoms with Crippen LogP contribution in [0.5, 0.6) is 5.75 Å². The normalized spacial score (nSPS) is 18.1. The maximum absolute atomic E-state index is 5.99. The van der Waals surface area contributed by atoms with E-state index >= 15 is 0 Å². The van der Waals surface area contributed by atoms with E-state index in [4.69, 9.17) is 9.72 Å². The molecule has 3 heterocycles.